The molecule has 1 unspecified atom stereocenters. The summed E-state index contributed by atoms with van der Waals surface area (Å²) in [7, 11) is 0. The van der Waals surface area contributed by atoms with Gasteiger partial charge in [-0.25, -0.2) is 4.68 Å². The highest BCUT2D eigenvalue weighted by molar-refractivity contribution is 7.99. The summed E-state index contributed by atoms with van der Waals surface area (Å²) in [4.78, 5) is 18.6. The Labute approximate surface area is 163 Å². The Morgan fingerprint density at radius 2 is 2.38 bits per heavy atom. The Balaban J connectivity index is 1.82. The molecule has 0 bridgehead atoms. The molecular formula is C19H21ClN4OS. The maximum absolute atomic E-state index is 13.0. The number of hydrogen-bond acceptors (Lipinski definition) is 4. The van der Waals surface area contributed by atoms with E-state index in [1.54, 1.807) is 28.2 Å². The molecule has 2 heterocycles. The Morgan fingerprint density at radius 3 is 3.00 bits per heavy atom. The zero-order chi connectivity index (χ0) is 18.5. The molecule has 1 saturated carbocycles. The van der Waals surface area contributed by atoms with Gasteiger partial charge in [0.25, 0.3) is 0 Å². The number of halogens is 1. The van der Waals surface area contributed by atoms with Crippen LogP contribution in [0.5, 0.6) is 0 Å². The van der Waals surface area contributed by atoms with E-state index in [9.17, 15) is 4.79 Å². The molecule has 2 aromatic rings. The molecule has 1 aliphatic carbocycles. The van der Waals surface area contributed by atoms with Gasteiger partial charge in [0.15, 0.2) is 5.15 Å². The summed E-state index contributed by atoms with van der Waals surface area (Å²) in [5.74, 6) is 4.20. The predicted octanol–water partition coefficient (Wildman–Crippen LogP) is 3.81. The lowest BCUT2D eigenvalue weighted by molar-refractivity contribution is -0.118. The zero-order valence-electron chi connectivity index (χ0n) is 14.6. The predicted molar refractivity (Wildman–Crippen MR) is 107 cm³/mol. The lowest BCUT2D eigenvalue weighted by atomic mass is 10.2. The van der Waals surface area contributed by atoms with Crippen molar-refractivity contribution >= 4 is 35.0 Å². The standard InChI is InChI=1S/C19H21ClN4OS/c1-3-10-23(18(25)11-17(26-4-2)14-7-8-14)16-13-24(22-19(16)20)15-6-5-9-21-12-15/h1,5-6,9,12-14,17H,4,7-8,10-11H2,2H3. The van der Waals surface area contributed by atoms with Gasteiger partial charge in [-0.1, -0.05) is 24.4 Å². The minimum atomic E-state index is -0.00608. The number of rotatable bonds is 8. The largest absolute Gasteiger partial charge is 0.296 e. The fraction of sp³-hybridized carbons (Fsp3) is 0.421. The van der Waals surface area contributed by atoms with Gasteiger partial charge in [-0.2, -0.15) is 16.9 Å². The minimum Gasteiger partial charge on any atom is -0.296 e. The summed E-state index contributed by atoms with van der Waals surface area (Å²) in [6, 6.07) is 3.69. The molecule has 1 atom stereocenters. The van der Waals surface area contributed by atoms with Crippen LogP contribution in [0.4, 0.5) is 5.69 Å². The normalized spacial score (nSPS) is 14.7. The fourth-order valence-electron chi connectivity index (χ4n) is 2.87. The number of carbonyl (C=O) groups excluding carboxylic acids is 1. The molecular weight excluding hydrogens is 368 g/mol. The van der Waals surface area contributed by atoms with Crippen molar-refractivity contribution < 1.29 is 4.79 Å². The summed E-state index contributed by atoms with van der Waals surface area (Å²) in [6.07, 6.45) is 13.5. The number of carbonyl (C=O) groups is 1. The highest BCUT2D eigenvalue weighted by Crippen LogP contribution is 2.41. The molecule has 2 aromatic heterocycles. The van der Waals surface area contributed by atoms with Crippen LogP contribution in [0.3, 0.4) is 0 Å². The highest BCUT2D eigenvalue weighted by Gasteiger charge is 2.34. The van der Waals surface area contributed by atoms with Crippen molar-refractivity contribution in [3.8, 4) is 18.0 Å². The van der Waals surface area contributed by atoms with E-state index in [1.165, 1.54) is 12.8 Å². The van der Waals surface area contributed by atoms with Gasteiger partial charge in [-0.3, -0.25) is 14.7 Å². The van der Waals surface area contributed by atoms with E-state index in [0.29, 0.717) is 23.3 Å². The molecule has 1 amide bonds. The molecule has 0 N–H and O–H groups in total. The van der Waals surface area contributed by atoms with Crippen molar-refractivity contribution in [2.24, 2.45) is 5.92 Å². The Kier molecular flexibility index (Phi) is 6.23. The average molecular weight is 389 g/mol. The topological polar surface area (TPSA) is 51.0 Å². The van der Waals surface area contributed by atoms with Gasteiger partial charge in [0, 0.05) is 17.9 Å². The summed E-state index contributed by atoms with van der Waals surface area (Å²) in [5, 5.41) is 4.90. The van der Waals surface area contributed by atoms with Gasteiger partial charge in [-0.15, -0.1) is 6.42 Å². The number of terminal acetylenes is 1. The van der Waals surface area contributed by atoms with E-state index in [-0.39, 0.29) is 17.6 Å². The molecule has 0 aromatic carbocycles. The van der Waals surface area contributed by atoms with Crippen molar-refractivity contribution in [3.05, 3.63) is 35.9 Å². The molecule has 7 heteroatoms. The third kappa shape index (κ3) is 4.40. The Morgan fingerprint density at radius 1 is 1.58 bits per heavy atom. The van der Waals surface area contributed by atoms with Gasteiger partial charge >= 0.3 is 0 Å². The van der Waals surface area contributed by atoms with E-state index in [4.69, 9.17) is 18.0 Å². The fourth-order valence-corrected chi connectivity index (χ4v) is 4.34. The second kappa shape index (κ2) is 8.61. The molecule has 1 fully saturated rings. The van der Waals surface area contributed by atoms with Crippen LogP contribution < -0.4 is 4.90 Å². The number of pyridine rings is 1. The number of aromatic nitrogens is 3. The van der Waals surface area contributed by atoms with E-state index in [0.717, 1.165) is 11.4 Å². The third-order valence-electron chi connectivity index (χ3n) is 4.31. The van der Waals surface area contributed by atoms with E-state index in [2.05, 4.69) is 22.9 Å². The highest BCUT2D eigenvalue weighted by atomic mass is 35.5. The molecule has 26 heavy (non-hydrogen) atoms. The molecule has 0 aliphatic heterocycles. The molecule has 0 saturated heterocycles. The summed E-state index contributed by atoms with van der Waals surface area (Å²) < 4.78 is 1.61. The minimum absolute atomic E-state index is 0.00608. The van der Waals surface area contributed by atoms with Crippen molar-refractivity contribution in [1.29, 1.82) is 0 Å². The number of anilines is 1. The van der Waals surface area contributed by atoms with Crippen molar-refractivity contribution in [1.82, 2.24) is 14.8 Å². The van der Waals surface area contributed by atoms with Gasteiger partial charge in [0.1, 0.15) is 5.69 Å². The van der Waals surface area contributed by atoms with Gasteiger partial charge in [0.2, 0.25) is 5.91 Å². The van der Waals surface area contributed by atoms with E-state index in [1.807, 2.05) is 23.9 Å². The third-order valence-corrected chi connectivity index (χ3v) is 5.89. The SMILES string of the molecule is C#CCN(C(=O)CC(SCC)C1CC1)c1cn(-c2cccnc2)nc1Cl. The average Bonchev–Trinajstić information content (AvgIpc) is 3.42. The first kappa shape index (κ1) is 18.8. The van der Waals surface area contributed by atoms with Gasteiger partial charge in [0.05, 0.1) is 24.6 Å². The number of amides is 1. The maximum atomic E-state index is 13.0. The quantitative estimate of drug-likeness (QED) is 0.645. The van der Waals surface area contributed by atoms with Crippen LogP contribution in [0.1, 0.15) is 26.2 Å². The number of thioether (sulfide) groups is 1. The van der Waals surface area contributed by atoms with Crippen LogP contribution >= 0.6 is 23.4 Å². The molecule has 5 nitrogen and oxygen atoms in total. The van der Waals surface area contributed by atoms with Crippen molar-refractivity contribution in [2.45, 2.75) is 31.4 Å². The zero-order valence-corrected chi connectivity index (χ0v) is 16.2. The Hall–Kier alpha value is -1.97. The first-order valence-electron chi connectivity index (χ1n) is 8.65. The molecule has 1 aliphatic rings. The monoisotopic (exact) mass is 388 g/mol. The van der Waals surface area contributed by atoms with Crippen LogP contribution in [0, 0.1) is 18.3 Å². The lowest BCUT2D eigenvalue weighted by Crippen LogP contribution is -2.33. The van der Waals surface area contributed by atoms with Crippen LogP contribution in [0.25, 0.3) is 5.69 Å². The van der Waals surface area contributed by atoms with Crippen LogP contribution in [-0.4, -0.2) is 38.2 Å². The summed E-state index contributed by atoms with van der Waals surface area (Å²) in [6.45, 7) is 2.30. The second-order valence-corrected chi connectivity index (χ2v) is 8.05. The molecule has 136 valence electrons. The van der Waals surface area contributed by atoms with E-state index >= 15 is 0 Å². The maximum Gasteiger partial charge on any atom is 0.229 e. The molecule has 3 rings (SSSR count). The smallest absolute Gasteiger partial charge is 0.229 e. The summed E-state index contributed by atoms with van der Waals surface area (Å²) in [5.41, 5.74) is 1.31. The van der Waals surface area contributed by atoms with Crippen molar-refractivity contribution in [3.63, 3.8) is 0 Å². The van der Waals surface area contributed by atoms with Gasteiger partial charge < -0.3 is 0 Å². The molecule has 0 spiro atoms. The Bertz CT molecular complexity index is 798. The first-order chi connectivity index (χ1) is 12.6. The summed E-state index contributed by atoms with van der Waals surface area (Å²) >= 11 is 8.17. The number of hydrogen-bond donors (Lipinski definition) is 0. The lowest BCUT2D eigenvalue weighted by Gasteiger charge is -2.22. The van der Waals surface area contributed by atoms with Crippen LogP contribution in [0.2, 0.25) is 5.15 Å². The van der Waals surface area contributed by atoms with Gasteiger partial charge in [-0.05, 0) is 36.6 Å². The molecule has 0 radical (unpaired) electrons. The second-order valence-electron chi connectivity index (χ2n) is 6.18. The van der Waals surface area contributed by atoms with Crippen LogP contribution in [0.15, 0.2) is 30.7 Å². The van der Waals surface area contributed by atoms with E-state index < -0.39 is 0 Å². The van der Waals surface area contributed by atoms with Crippen molar-refractivity contribution in [2.75, 3.05) is 17.2 Å². The number of nitrogens with zero attached hydrogens (tertiary/aromatic N) is 4. The first-order valence-corrected chi connectivity index (χ1v) is 10.1. The van der Waals surface area contributed by atoms with Crippen LogP contribution in [-0.2, 0) is 4.79 Å².